The predicted octanol–water partition coefficient (Wildman–Crippen LogP) is 12.8. The molecule has 4 heterocycles. The van der Waals surface area contributed by atoms with Gasteiger partial charge in [0.1, 0.15) is 11.2 Å². The van der Waals surface area contributed by atoms with Gasteiger partial charge in [-0.05, 0) is 105 Å². The molecule has 12 rings (SSSR count). The minimum atomic E-state index is -3.41. The number of fused-ring (bicyclic) bond motifs is 11. The van der Waals surface area contributed by atoms with Crippen molar-refractivity contribution in [3.63, 3.8) is 0 Å². The van der Waals surface area contributed by atoms with E-state index in [2.05, 4.69) is 145 Å². The number of nitrogens with zero attached hydrogens (tertiary/aromatic N) is 1. The molecule has 2 unspecified atom stereocenters. The van der Waals surface area contributed by atoms with Crippen molar-refractivity contribution < 1.29 is 8.98 Å². The lowest BCUT2D eigenvalue weighted by molar-refractivity contribution is 0.589. The summed E-state index contributed by atoms with van der Waals surface area (Å²) in [6.07, 6.45) is 3.75. The van der Waals surface area contributed by atoms with Crippen molar-refractivity contribution in [3.05, 3.63) is 229 Å². The van der Waals surface area contributed by atoms with Crippen LogP contribution in [0.1, 0.15) is 22.3 Å². The molecule has 59 heavy (non-hydrogen) atoms. The third-order valence-corrected chi connectivity index (χ3v) is 16.5. The molecule has 8 aromatic carbocycles. The smallest absolute Gasteiger partial charge is 0.171 e. The third-order valence-electron chi connectivity index (χ3n) is 12.3. The van der Waals surface area contributed by atoms with Crippen molar-refractivity contribution in [2.45, 2.75) is 15.2 Å². The number of furan rings is 1. The van der Waals surface area contributed by atoms with E-state index < -0.39 is 12.6 Å². The maximum Gasteiger partial charge on any atom is 0.171 e. The Kier molecular flexibility index (Phi) is 7.66. The molecular formula is C54H34NO2PS. The van der Waals surface area contributed by atoms with Gasteiger partial charge in [0.15, 0.2) is 7.14 Å². The lowest BCUT2D eigenvalue weighted by Crippen LogP contribution is -2.48. The van der Waals surface area contributed by atoms with Crippen molar-refractivity contribution >= 4 is 56.8 Å². The Bertz CT molecular complexity index is 3280. The van der Waals surface area contributed by atoms with E-state index in [9.17, 15) is 0 Å². The zero-order valence-electron chi connectivity index (χ0n) is 31.7. The zero-order valence-corrected chi connectivity index (χ0v) is 33.5. The van der Waals surface area contributed by atoms with E-state index in [1.165, 1.54) is 20.9 Å². The molecule has 0 N–H and O–H groups in total. The van der Waals surface area contributed by atoms with Crippen LogP contribution in [0.2, 0.25) is 0 Å². The van der Waals surface area contributed by atoms with Gasteiger partial charge < -0.3 is 8.98 Å². The highest BCUT2D eigenvalue weighted by molar-refractivity contribution is 7.99. The van der Waals surface area contributed by atoms with Crippen LogP contribution in [0.25, 0.3) is 55.3 Å². The van der Waals surface area contributed by atoms with Crippen LogP contribution in [0.15, 0.2) is 221 Å². The summed E-state index contributed by atoms with van der Waals surface area (Å²) in [5.41, 5.74) is 12.0. The SMILES string of the molecule is O=P1(c2ccccc2)c2ccccc2C2(c3ccccc3Sc3cc(-c4cc(-c5ccccc5)cc(-c5cccnc5)c4)ccc32)c2cc3c(cc21)oc1ccccc13. The number of benzene rings is 8. The van der Waals surface area contributed by atoms with E-state index >= 15 is 4.57 Å². The van der Waals surface area contributed by atoms with Crippen LogP contribution in [0.4, 0.5) is 0 Å². The Balaban J connectivity index is 1.17. The summed E-state index contributed by atoms with van der Waals surface area (Å²) in [6, 6.07) is 68.5. The van der Waals surface area contributed by atoms with Crippen LogP contribution in [-0.2, 0) is 9.98 Å². The van der Waals surface area contributed by atoms with Crippen molar-refractivity contribution in [2.24, 2.45) is 0 Å². The normalized spacial score (nSPS) is 17.6. The van der Waals surface area contributed by atoms with Crippen molar-refractivity contribution in [2.75, 3.05) is 0 Å². The first kappa shape index (κ1) is 34.3. The first-order valence-corrected chi connectivity index (χ1v) is 22.4. The molecule has 0 saturated heterocycles. The fourth-order valence-electron chi connectivity index (χ4n) is 9.67. The van der Waals surface area contributed by atoms with Crippen LogP contribution >= 0.6 is 18.9 Å². The van der Waals surface area contributed by atoms with Gasteiger partial charge in [-0.15, -0.1) is 0 Å². The van der Waals surface area contributed by atoms with Crippen LogP contribution in [0.3, 0.4) is 0 Å². The highest BCUT2D eigenvalue weighted by Gasteiger charge is 2.54. The highest BCUT2D eigenvalue weighted by Crippen LogP contribution is 2.62. The Morgan fingerprint density at radius 2 is 1.10 bits per heavy atom. The summed E-state index contributed by atoms with van der Waals surface area (Å²) < 4.78 is 23.0. The Hall–Kier alpha value is -6.71. The van der Waals surface area contributed by atoms with E-state index in [0.29, 0.717) is 0 Å². The van der Waals surface area contributed by atoms with Gasteiger partial charge in [0, 0.05) is 54.4 Å². The van der Waals surface area contributed by atoms with E-state index in [1.54, 1.807) is 0 Å². The van der Waals surface area contributed by atoms with Gasteiger partial charge in [-0.1, -0.05) is 151 Å². The summed E-state index contributed by atoms with van der Waals surface area (Å²) >= 11 is 1.82. The Morgan fingerprint density at radius 3 is 1.92 bits per heavy atom. The summed E-state index contributed by atoms with van der Waals surface area (Å²) in [5.74, 6) is 0. The van der Waals surface area contributed by atoms with Gasteiger partial charge in [0.25, 0.3) is 0 Å². The van der Waals surface area contributed by atoms with E-state index in [0.717, 1.165) is 82.4 Å². The van der Waals surface area contributed by atoms with Crippen molar-refractivity contribution in [1.29, 1.82) is 0 Å². The van der Waals surface area contributed by atoms with Gasteiger partial charge in [-0.2, -0.15) is 0 Å². The number of aromatic nitrogens is 1. The average Bonchev–Trinajstić information content (AvgIpc) is 3.68. The molecule has 2 atom stereocenters. The van der Waals surface area contributed by atoms with Crippen LogP contribution in [0, 0.1) is 0 Å². The number of rotatable bonds is 4. The molecular weight excluding hydrogens is 758 g/mol. The lowest BCUT2D eigenvalue weighted by Gasteiger charge is -2.47. The summed E-state index contributed by atoms with van der Waals surface area (Å²) in [7, 11) is -3.41. The van der Waals surface area contributed by atoms with Crippen LogP contribution in [0.5, 0.6) is 0 Å². The number of pyridine rings is 1. The summed E-state index contributed by atoms with van der Waals surface area (Å²) in [4.78, 5) is 6.81. The fraction of sp³-hybridized carbons (Fsp3) is 0.0185. The van der Waals surface area contributed by atoms with E-state index in [1.807, 2.05) is 78.8 Å². The molecule has 0 fully saturated rings. The van der Waals surface area contributed by atoms with Gasteiger partial charge >= 0.3 is 0 Å². The standard InChI is InChI=1S/C54H34NO2PS/c56-58(41-17-5-2-6-18-41)50-23-11-8-20-44(50)54(47-32-43-42-19-7-10-22-48(42)57-49(43)33-51(47)58)45-21-9-12-24-52(45)59-53-31-36(25-26-46(53)54)39-28-38(35-14-3-1-4-15-35)29-40(30-39)37-16-13-27-55-34-37/h1-34H. The van der Waals surface area contributed by atoms with Crippen LogP contribution < -0.4 is 15.9 Å². The monoisotopic (exact) mass is 791 g/mol. The molecule has 2 aromatic heterocycles. The van der Waals surface area contributed by atoms with Crippen molar-refractivity contribution in [3.8, 4) is 33.4 Å². The summed E-state index contributed by atoms with van der Waals surface area (Å²) in [6.45, 7) is 0. The van der Waals surface area contributed by atoms with Gasteiger partial charge in [-0.25, -0.2) is 0 Å². The molecule has 10 aromatic rings. The quantitative estimate of drug-likeness (QED) is 0.167. The van der Waals surface area contributed by atoms with Gasteiger partial charge in [0.2, 0.25) is 0 Å². The predicted molar refractivity (Wildman–Crippen MR) is 243 cm³/mol. The molecule has 1 spiro atoms. The van der Waals surface area contributed by atoms with Crippen LogP contribution in [-0.4, -0.2) is 4.98 Å². The molecule has 2 aliphatic rings. The Labute approximate surface area is 346 Å². The lowest BCUT2D eigenvalue weighted by atomic mass is 9.64. The second-order valence-electron chi connectivity index (χ2n) is 15.4. The van der Waals surface area contributed by atoms with Gasteiger partial charge in [-0.3, -0.25) is 4.98 Å². The average molecular weight is 792 g/mol. The topological polar surface area (TPSA) is 43.1 Å². The molecule has 0 amide bonds. The first-order chi connectivity index (χ1) is 29.1. The minimum absolute atomic E-state index is 0.743. The molecule has 2 aliphatic heterocycles. The molecule has 5 heteroatoms. The van der Waals surface area contributed by atoms with Gasteiger partial charge in [0.05, 0.1) is 5.41 Å². The molecule has 0 aliphatic carbocycles. The number of hydrogen-bond acceptors (Lipinski definition) is 4. The molecule has 278 valence electrons. The number of hydrogen-bond donors (Lipinski definition) is 0. The molecule has 0 radical (unpaired) electrons. The van der Waals surface area contributed by atoms with Crippen molar-refractivity contribution in [1.82, 2.24) is 4.98 Å². The van der Waals surface area contributed by atoms with E-state index in [4.69, 9.17) is 4.42 Å². The second-order valence-corrected chi connectivity index (χ2v) is 19.2. The molecule has 0 saturated carbocycles. The Morgan fingerprint density at radius 1 is 0.441 bits per heavy atom. The highest BCUT2D eigenvalue weighted by atomic mass is 32.2. The summed E-state index contributed by atoms with van der Waals surface area (Å²) in [5, 5.41) is 4.57. The maximum absolute atomic E-state index is 16.5. The molecule has 0 bridgehead atoms. The largest absolute Gasteiger partial charge is 0.456 e. The first-order valence-electron chi connectivity index (χ1n) is 19.9. The zero-order chi connectivity index (χ0) is 39.1. The third kappa shape index (κ3) is 5.04. The molecule has 3 nitrogen and oxygen atoms in total. The van der Waals surface area contributed by atoms with E-state index in [-0.39, 0.29) is 0 Å². The minimum Gasteiger partial charge on any atom is -0.456 e. The number of para-hydroxylation sites is 1. The maximum atomic E-state index is 16.5. The fourth-order valence-corrected chi connectivity index (χ4v) is 14.1. The second kappa shape index (κ2) is 13.2.